The van der Waals surface area contributed by atoms with E-state index in [1.807, 2.05) is 19.1 Å². The van der Waals surface area contributed by atoms with Gasteiger partial charge in [0.05, 0.1) is 18.2 Å². The van der Waals surface area contributed by atoms with Crippen LogP contribution in [0.15, 0.2) is 43.7 Å². The third-order valence-electron chi connectivity index (χ3n) is 3.44. The molecule has 3 rings (SSSR count). The molecule has 0 aliphatic heterocycles. The molecule has 0 saturated carbocycles. The van der Waals surface area contributed by atoms with Crippen molar-refractivity contribution in [1.82, 2.24) is 0 Å². The van der Waals surface area contributed by atoms with Crippen molar-refractivity contribution in [3.8, 4) is 0 Å². The molecule has 1 unspecified atom stereocenters. The van der Waals surface area contributed by atoms with Gasteiger partial charge in [-0.1, -0.05) is 0 Å². The van der Waals surface area contributed by atoms with E-state index in [0.717, 1.165) is 41.2 Å². The van der Waals surface area contributed by atoms with Crippen LogP contribution in [0.2, 0.25) is 0 Å². The van der Waals surface area contributed by atoms with E-state index in [-0.39, 0.29) is 11.9 Å². The Morgan fingerprint density at radius 2 is 2.15 bits per heavy atom. The van der Waals surface area contributed by atoms with Gasteiger partial charge < -0.3 is 20.3 Å². The molecule has 0 bridgehead atoms. The van der Waals surface area contributed by atoms with Gasteiger partial charge in [0.1, 0.15) is 11.5 Å². The molecule has 0 amide bonds. The molecule has 1 atom stereocenters. The Morgan fingerprint density at radius 3 is 2.85 bits per heavy atom. The number of rotatable bonds is 2. The molecular weight excluding hydrogens is 256 g/mol. The number of nitrogens with zero attached hydrogens (tertiary/aromatic N) is 2. The van der Waals surface area contributed by atoms with Crippen molar-refractivity contribution in [3.05, 3.63) is 47.3 Å². The van der Waals surface area contributed by atoms with E-state index in [1.165, 1.54) is 0 Å². The van der Waals surface area contributed by atoms with Crippen molar-refractivity contribution in [2.24, 2.45) is 21.7 Å². The van der Waals surface area contributed by atoms with Crippen LogP contribution in [0.1, 0.15) is 35.0 Å². The minimum absolute atomic E-state index is 0.0553. The van der Waals surface area contributed by atoms with Crippen LogP contribution in [-0.2, 0) is 6.42 Å². The van der Waals surface area contributed by atoms with Gasteiger partial charge in [-0.15, -0.1) is 5.10 Å². The largest absolute Gasteiger partial charge is 0.469 e. The molecule has 0 saturated heterocycles. The van der Waals surface area contributed by atoms with E-state index in [2.05, 4.69) is 10.2 Å². The van der Waals surface area contributed by atoms with Gasteiger partial charge in [-0.3, -0.25) is 0 Å². The molecule has 0 spiro atoms. The second kappa shape index (κ2) is 4.88. The molecule has 0 aromatic carbocycles. The molecule has 20 heavy (non-hydrogen) atoms. The monoisotopic (exact) mass is 272 g/mol. The lowest BCUT2D eigenvalue weighted by Crippen LogP contribution is -2.23. The number of fused-ring (bicyclic) bond motifs is 1. The van der Waals surface area contributed by atoms with Crippen molar-refractivity contribution in [1.29, 1.82) is 0 Å². The van der Waals surface area contributed by atoms with Crippen LogP contribution in [0.4, 0.5) is 0 Å². The minimum atomic E-state index is -0.0553. The lowest BCUT2D eigenvalue weighted by Gasteiger charge is -2.20. The Hall–Kier alpha value is -2.50. The zero-order chi connectivity index (χ0) is 14.1. The quantitative estimate of drug-likeness (QED) is 0.495. The van der Waals surface area contributed by atoms with Crippen molar-refractivity contribution in [3.63, 3.8) is 0 Å². The van der Waals surface area contributed by atoms with Crippen LogP contribution in [0.3, 0.4) is 0 Å². The fourth-order valence-corrected chi connectivity index (χ4v) is 2.60. The summed E-state index contributed by atoms with van der Waals surface area (Å²) in [5.41, 5.74) is 13.6. The first kappa shape index (κ1) is 12.5. The summed E-state index contributed by atoms with van der Waals surface area (Å²) in [5.74, 6) is 1.96. The third-order valence-corrected chi connectivity index (χ3v) is 3.44. The summed E-state index contributed by atoms with van der Waals surface area (Å²) < 4.78 is 11.1. The highest BCUT2D eigenvalue weighted by Crippen LogP contribution is 2.35. The van der Waals surface area contributed by atoms with E-state index >= 15 is 0 Å². The molecule has 2 aromatic heterocycles. The standard InChI is InChI=1S/C14H16N4O2/c1-8-7-20-12-6-9(11-3-2-4-19-11)5-10(13(8)12)17-18-14(15)16/h2-4,7,9H,5-6H2,1H3,(H4,15,16,18)/b17-10-. The second-order valence-electron chi connectivity index (χ2n) is 4.91. The Labute approximate surface area is 116 Å². The Kier molecular flexibility index (Phi) is 3.06. The molecule has 4 N–H and O–H groups in total. The maximum Gasteiger partial charge on any atom is 0.211 e. The Morgan fingerprint density at radius 1 is 1.30 bits per heavy atom. The van der Waals surface area contributed by atoms with Crippen molar-refractivity contribution >= 4 is 11.7 Å². The van der Waals surface area contributed by atoms with E-state index < -0.39 is 0 Å². The topological polar surface area (TPSA) is 103 Å². The van der Waals surface area contributed by atoms with E-state index in [9.17, 15) is 0 Å². The first-order valence-electron chi connectivity index (χ1n) is 6.41. The summed E-state index contributed by atoms with van der Waals surface area (Å²) in [6, 6.07) is 3.84. The summed E-state index contributed by atoms with van der Waals surface area (Å²) in [4.78, 5) is 0. The average Bonchev–Trinajstić information content (AvgIpc) is 3.06. The highest BCUT2D eigenvalue weighted by atomic mass is 16.3. The maximum atomic E-state index is 5.62. The van der Waals surface area contributed by atoms with Gasteiger partial charge >= 0.3 is 0 Å². The van der Waals surface area contributed by atoms with Crippen molar-refractivity contribution in [2.45, 2.75) is 25.7 Å². The van der Waals surface area contributed by atoms with Gasteiger partial charge in [-0.2, -0.15) is 5.10 Å². The fraction of sp³-hybridized carbons (Fsp3) is 0.286. The highest BCUT2D eigenvalue weighted by Gasteiger charge is 2.30. The molecule has 2 aromatic rings. The summed E-state index contributed by atoms with van der Waals surface area (Å²) >= 11 is 0. The lowest BCUT2D eigenvalue weighted by molar-refractivity contribution is 0.425. The Bertz CT molecular complexity index is 663. The molecule has 1 aliphatic rings. The van der Waals surface area contributed by atoms with Crippen molar-refractivity contribution < 1.29 is 8.83 Å². The van der Waals surface area contributed by atoms with Gasteiger partial charge in [0, 0.05) is 24.3 Å². The summed E-state index contributed by atoms with van der Waals surface area (Å²) in [7, 11) is 0. The molecule has 0 radical (unpaired) electrons. The molecule has 104 valence electrons. The number of furan rings is 2. The zero-order valence-corrected chi connectivity index (χ0v) is 11.2. The van der Waals surface area contributed by atoms with Crippen LogP contribution < -0.4 is 11.5 Å². The first-order valence-corrected chi connectivity index (χ1v) is 6.41. The molecule has 6 heteroatoms. The number of nitrogens with two attached hydrogens (primary N) is 2. The predicted octanol–water partition coefficient (Wildman–Crippen LogP) is 1.89. The van der Waals surface area contributed by atoms with Crippen LogP contribution in [-0.4, -0.2) is 11.7 Å². The van der Waals surface area contributed by atoms with Crippen LogP contribution >= 0.6 is 0 Å². The van der Waals surface area contributed by atoms with Crippen LogP contribution in [0, 0.1) is 6.92 Å². The van der Waals surface area contributed by atoms with Gasteiger partial charge in [-0.25, -0.2) is 0 Å². The molecule has 2 heterocycles. The summed E-state index contributed by atoms with van der Waals surface area (Å²) in [6.45, 7) is 1.99. The third kappa shape index (κ3) is 2.20. The summed E-state index contributed by atoms with van der Waals surface area (Å²) in [5, 5.41) is 7.94. The molecule has 1 aliphatic carbocycles. The van der Waals surface area contributed by atoms with Crippen LogP contribution in [0.25, 0.3) is 0 Å². The second-order valence-corrected chi connectivity index (χ2v) is 4.91. The van der Waals surface area contributed by atoms with Gasteiger partial charge in [0.25, 0.3) is 0 Å². The number of aryl methyl sites for hydroxylation is 1. The fourth-order valence-electron chi connectivity index (χ4n) is 2.60. The van der Waals surface area contributed by atoms with Gasteiger partial charge in [0.2, 0.25) is 5.96 Å². The van der Waals surface area contributed by atoms with E-state index in [4.69, 9.17) is 20.3 Å². The number of hydrogen-bond acceptors (Lipinski definition) is 4. The highest BCUT2D eigenvalue weighted by molar-refractivity contribution is 6.04. The SMILES string of the molecule is Cc1coc2c1/C(=N\N=C(N)N)CC(c1ccco1)C2. The van der Waals surface area contributed by atoms with Crippen molar-refractivity contribution in [2.75, 3.05) is 0 Å². The minimum Gasteiger partial charge on any atom is -0.469 e. The lowest BCUT2D eigenvalue weighted by atomic mass is 9.84. The molecule has 6 nitrogen and oxygen atoms in total. The smallest absolute Gasteiger partial charge is 0.211 e. The number of guanidine groups is 1. The van der Waals surface area contributed by atoms with Gasteiger partial charge in [0.15, 0.2) is 0 Å². The molecular formula is C14H16N4O2. The average molecular weight is 272 g/mol. The predicted molar refractivity (Wildman–Crippen MR) is 75.6 cm³/mol. The normalized spacial score (nSPS) is 19.9. The molecule has 0 fully saturated rings. The summed E-state index contributed by atoms with van der Waals surface area (Å²) in [6.07, 6.45) is 4.92. The maximum absolute atomic E-state index is 5.62. The zero-order valence-electron chi connectivity index (χ0n) is 11.2. The van der Waals surface area contributed by atoms with E-state index in [1.54, 1.807) is 12.5 Å². The van der Waals surface area contributed by atoms with Gasteiger partial charge in [-0.05, 0) is 24.6 Å². The Balaban J connectivity index is 2.02. The van der Waals surface area contributed by atoms with Crippen LogP contribution in [0.5, 0.6) is 0 Å². The number of hydrogen-bond donors (Lipinski definition) is 2. The first-order chi connectivity index (χ1) is 9.65. The van der Waals surface area contributed by atoms with E-state index in [0.29, 0.717) is 0 Å².